The van der Waals surface area contributed by atoms with Crippen molar-refractivity contribution in [1.29, 1.82) is 0 Å². The summed E-state index contributed by atoms with van der Waals surface area (Å²) in [5.41, 5.74) is -2.19. The van der Waals surface area contributed by atoms with E-state index in [0.717, 1.165) is 0 Å². The molecule has 0 aliphatic rings. The Balaban J connectivity index is 2.79. The van der Waals surface area contributed by atoms with Gasteiger partial charge in [-0.2, -0.15) is 0 Å². The summed E-state index contributed by atoms with van der Waals surface area (Å²) in [5, 5.41) is 0. The molecule has 0 spiro atoms. The molecule has 6 heteroatoms. The summed E-state index contributed by atoms with van der Waals surface area (Å²) in [7, 11) is 2.61. The monoisotopic (exact) mass is 310 g/mol. The standard InChI is InChI=1S/C16H22O6/c1-15(2,13(17)19-5)21-11-7-9-12(10-8-11)22-16(3,4)14(18)20-6/h7-10H,1-6H3. The van der Waals surface area contributed by atoms with Crippen LogP contribution >= 0.6 is 0 Å². The lowest BCUT2D eigenvalue weighted by atomic mass is 10.1. The van der Waals surface area contributed by atoms with Crippen LogP contribution in [0.25, 0.3) is 0 Å². The van der Waals surface area contributed by atoms with Crippen molar-refractivity contribution in [3.8, 4) is 11.5 Å². The number of ether oxygens (including phenoxy) is 4. The van der Waals surface area contributed by atoms with Crippen molar-refractivity contribution in [2.75, 3.05) is 14.2 Å². The highest BCUT2D eigenvalue weighted by atomic mass is 16.6. The average molecular weight is 310 g/mol. The molecule has 0 bridgehead atoms. The Morgan fingerprint density at radius 3 is 1.23 bits per heavy atom. The number of methoxy groups -OCH3 is 2. The van der Waals surface area contributed by atoms with Gasteiger partial charge in [0.1, 0.15) is 11.5 Å². The van der Waals surface area contributed by atoms with E-state index >= 15 is 0 Å². The first-order chi connectivity index (χ1) is 10.1. The lowest BCUT2D eigenvalue weighted by molar-refractivity contribution is -0.156. The Morgan fingerprint density at radius 2 is 1.00 bits per heavy atom. The summed E-state index contributed by atoms with van der Waals surface area (Å²) < 4.78 is 20.5. The van der Waals surface area contributed by atoms with Gasteiger partial charge in [0.15, 0.2) is 11.2 Å². The third-order valence-electron chi connectivity index (χ3n) is 2.92. The third-order valence-corrected chi connectivity index (χ3v) is 2.92. The number of hydrogen-bond acceptors (Lipinski definition) is 6. The summed E-state index contributed by atoms with van der Waals surface area (Å²) in [5.74, 6) is 0.0246. The molecule has 1 aromatic rings. The van der Waals surface area contributed by atoms with Crippen LogP contribution in [-0.2, 0) is 19.1 Å². The first kappa shape index (κ1) is 17.8. The van der Waals surface area contributed by atoms with E-state index in [-0.39, 0.29) is 0 Å². The van der Waals surface area contributed by atoms with Gasteiger partial charge in [-0.05, 0) is 52.0 Å². The van der Waals surface area contributed by atoms with Crippen molar-refractivity contribution in [3.63, 3.8) is 0 Å². The highest BCUT2D eigenvalue weighted by Gasteiger charge is 2.32. The molecule has 0 unspecified atom stereocenters. The van der Waals surface area contributed by atoms with Gasteiger partial charge in [0.25, 0.3) is 0 Å². The topological polar surface area (TPSA) is 71.1 Å². The number of rotatable bonds is 6. The molecule has 0 fully saturated rings. The Kier molecular flexibility index (Phi) is 5.41. The molecule has 0 saturated carbocycles. The number of esters is 2. The normalized spacial score (nSPS) is 11.5. The van der Waals surface area contributed by atoms with Crippen molar-refractivity contribution in [3.05, 3.63) is 24.3 Å². The van der Waals surface area contributed by atoms with Crippen LogP contribution in [0.15, 0.2) is 24.3 Å². The van der Waals surface area contributed by atoms with Crippen molar-refractivity contribution in [2.45, 2.75) is 38.9 Å². The molecule has 122 valence electrons. The van der Waals surface area contributed by atoms with Crippen LogP contribution in [0.4, 0.5) is 0 Å². The molecule has 0 atom stereocenters. The van der Waals surface area contributed by atoms with Gasteiger partial charge in [-0.1, -0.05) is 0 Å². The Labute approximate surface area is 130 Å². The average Bonchev–Trinajstić information content (AvgIpc) is 2.46. The van der Waals surface area contributed by atoms with Crippen LogP contribution < -0.4 is 9.47 Å². The fourth-order valence-corrected chi connectivity index (χ4v) is 1.74. The zero-order valence-corrected chi connectivity index (χ0v) is 13.8. The summed E-state index contributed by atoms with van der Waals surface area (Å²) in [6.07, 6.45) is 0. The number of carbonyl (C=O) groups is 2. The van der Waals surface area contributed by atoms with Gasteiger partial charge < -0.3 is 18.9 Å². The van der Waals surface area contributed by atoms with E-state index in [1.54, 1.807) is 52.0 Å². The zero-order chi connectivity index (χ0) is 17.0. The molecule has 0 aliphatic carbocycles. The molecule has 6 nitrogen and oxygen atoms in total. The predicted octanol–water partition coefficient (Wildman–Crippen LogP) is 2.35. The number of carbonyl (C=O) groups excluding carboxylic acids is 2. The smallest absolute Gasteiger partial charge is 0.349 e. The first-order valence-corrected chi connectivity index (χ1v) is 6.77. The molecule has 0 amide bonds. The van der Waals surface area contributed by atoms with Crippen LogP contribution in [0, 0.1) is 0 Å². The second-order valence-electron chi connectivity index (χ2n) is 5.68. The second-order valence-corrected chi connectivity index (χ2v) is 5.68. The van der Waals surface area contributed by atoms with Crippen molar-refractivity contribution < 1.29 is 28.5 Å². The van der Waals surface area contributed by atoms with Gasteiger partial charge in [0.2, 0.25) is 0 Å². The quantitative estimate of drug-likeness (QED) is 0.751. The molecule has 0 saturated heterocycles. The van der Waals surface area contributed by atoms with Crippen molar-refractivity contribution in [2.24, 2.45) is 0 Å². The third kappa shape index (κ3) is 4.38. The van der Waals surface area contributed by atoms with Crippen LogP contribution in [0.2, 0.25) is 0 Å². The van der Waals surface area contributed by atoms with E-state index in [1.165, 1.54) is 14.2 Å². The maximum absolute atomic E-state index is 11.6. The van der Waals surface area contributed by atoms with Crippen LogP contribution in [0.5, 0.6) is 11.5 Å². The highest BCUT2D eigenvalue weighted by Crippen LogP contribution is 2.25. The molecule has 0 heterocycles. The second kappa shape index (κ2) is 6.68. The molecule has 1 aromatic carbocycles. The summed E-state index contributed by atoms with van der Waals surface area (Å²) >= 11 is 0. The van der Waals surface area contributed by atoms with E-state index in [4.69, 9.17) is 9.47 Å². The van der Waals surface area contributed by atoms with Gasteiger partial charge in [-0.15, -0.1) is 0 Å². The fraction of sp³-hybridized carbons (Fsp3) is 0.500. The maximum atomic E-state index is 11.6. The minimum Gasteiger partial charge on any atom is -0.476 e. The van der Waals surface area contributed by atoms with Crippen molar-refractivity contribution in [1.82, 2.24) is 0 Å². The number of hydrogen-bond donors (Lipinski definition) is 0. The molecular formula is C16H22O6. The Morgan fingerprint density at radius 1 is 0.727 bits per heavy atom. The van der Waals surface area contributed by atoms with Gasteiger partial charge in [-0.25, -0.2) is 9.59 Å². The summed E-state index contributed by atoms with van der Waals surface area (Å²) in [6, 6.07) is 6.58. The Bertz CT molecular complexity index is 481. The SMILES string of the molecule is COC(=O)C(C)(C)Oc1ccc(OC(C)(C)C(=O)OC)cc1. The van der Waals surface area contributed by atoms with Crippen LogP contribution in [0.3, 0.4) is 0 Å². The molecule has 0 aromatic heterocycles. The minimum atomic E-state index is -1.09. The fourth-order valence-electron chi connectivity index (χ4n) is 1.74. The minimum absolute atomic E-state index is 0.473. The maximum Gasteiger partial charge on any atom is 0.349 e. The van der Waals surface area contributed by atoms with Crippen molar-refractivity contribution >= 4 is 11.9 Å². The van der Waals surface area contributed by atoms with E-state index in [9.17, 15) is 9.59 Å². The van der Waals surface area contributed by atoms with Gasteiger partial charge in [-0.3, -0.25) is 0 Å². The van der Waals surface area contributed by atoms with E-state index in [2.05, 4.69) is 9.47 Å². The van der Waals surface area contributed by atoms with E-state index < -0.39 is 23.1 Å². The lowest BCUT2D eigenvalue weighted by Gasteiger charge is -2.25. The Hall–Kier alpha value is -2.24. The zero-order valence-electron chi connectivity index (χ0n) is 13.8. The number of benzene rings is 1. The lowest BCUT2D eigenvalue weighted by Crippen LogP contribution is -2.39. The van der Waals surface area contributed by atoms with Crippen LogP contribution in [0.1, 0.15) is 27.7 Å². The predicted molar refractivity (Wildman–Crippen MR) is 79.9 cm³/mol. The summed E-state index contributed by atoms with van der Waals surface area (Å²) in [4.78, 5) is 23.2. The van der Waals surface area contributed by atoms with Gasteiger partial charge in [0, 0.05) is 0 Å². The molecule has 0 aliphatic heterocycles. The van der Waals surface area contributed by atoms with E-state index in [1.807, 2.05) is 0 Å². The van der Waals surface area contributed by atoms with E-state index in [0.29, 0.717) is 11.5 Å². The van der Waals surface area contributed by atoms with Crippen LogP contribution in [-0.4, -0.2) is 37.4 Å². The molecular weight excluding hydrogens is 288 g/mol. The van der Waals surface area contributed by atoms with Gasteiger partial charge in [0.05, 0.1) is 14.2 Å². The largest absolute Gasteiger partial charge is 0.476 e. The van der Waals surface area contributed by atoms with Gasteiger partial charge >= 0.3 is 11.9 Å². The molecule has 22 heavy (non-hydrogen) atoms. The molecule has 0 radical (unpaired) electrons. The first-order valence-electron chi connectivity index (χ1n) is 6.77. The highest BCUT2D eigenvalue weighted by molar-refractivity contribution is 5.79. The summed E-state index contributed by atoms with van der Waals surface area (Å²) in [6.45, 7) is 6.46. The molecule has 1 rings (SSSR count). The molecule has 0 N–H and O–H groups in total.